The standard InChI is InChI=1S/C31H39O5P/c1-5-17-31(33)18-16-28-26-14-10-22-19-23(32)11-15-25(22)29(26)27(20-30(28,31)4)21-8-12-24(13-9-21)37(34,35-6-2)36-7-3/h8-9,12-13,19,26-28,33H,6-7,10-11,14-16,18,20H2,1-4H3/t26-,27+,28-,30-,31-/m0/s1. The summed E-state index contributed by atoms with van der Waals surface area (Å²) < 4.78 is 24.5. The molecule has 0 heterocycles. The Bertz CT molecular complexity index is 1240. The highest BCUT2D eigenvalue weighted by molar-refractivity contribution is 7.62. The topological polar surface area (TPSA) is 72.8 Å². The highest BCUT2D eigenvalue weighted by Gasteiger charge is 2.62. The molecule has 4 aliphatic rings. The van der Waals surface area contributed by atoms with Gasteiger partial charge in [-0.3, -0.25) is 9.36 Å². The molecule has 198 valence electrons. The van der Waals surface area contributed by atoms with Crippen molar-refractivity contribution < 1.29 is 23.5 Å². The molecule has 1 aromatic rings. The third-order valence-electron chi connectivity index (χ3n) is 9.43. The molecule has 1 aromatic carbocycles. The molecule has 0 aromatic heterocycles. The van der Waals surface area contributed by atoms with E-state index < -0.39 is 13.2 Å². The summed E-state index contributed by atoms with van der Waals surface area (Å²) in [5.41, 5.74) is 3.87. The molecule has 0 unspecified atom stereocenters. The number of fused-ring (bicyclic) bond motifs is 4. The molecule has 0 spiro atoms. The Balaban J connectivity index is 1.62. The van der Waals surface area contributed by atoms with Gasteiger partial charge >= 0.3 is 7.60 Å². The number of hydrogen-bond acceptors (Lipinski definition) is 5. The van der Waals surface area contributed by atoms with E-state index in [0.29, 0.717) is 43.2 Å². The fourth-order valence-electron chi connectivity index (χ4n) is 7.79. The number of allylic oxidation sites excluding steroid dienone is 4. The zero-order chi connectivity index (χ0) is 26.4. The van der Waals surface area contributed by atoms with Crippen molar-refractivity contribution in [3.05, 3.63) is 52.6 Å². The molecule has 5 rings (SSSR count). The van der Waals surface area contributed by atoms with Gasteiger partial charge in [0.05, 0.1) is 18.5 Å². The minimum Gasteiger partial charge on any atom is -0.377 e. The largest absolute Gasteiger partial charge is 0.377 e. The molecule has 6 heteroatoms. The van der Waals surface area contributed by atoms with Gasteiger partial charge in [0, 0.05) is 17.8 Å². The fraction of sp³-hybridized carbons (Fsp3) is 0.581. The number of hydrogen-bond donors (Lipinski definition) is 1. The minimum atomic E-state index is -3.37. The first-order chi connectivity index (χ1) is 17.7. The van der Waals surface area contributed by atoms with Crippen LogP contribution in [0.15, 0.2) is 47.1 Å². The van der Waals surface area contributed by atoms with Crippen LogP contribution < -0.4 is 5.30 Å². The molecule has 0 bridgehead atoms. The molecule has 0 radical (unpaired) electrons. The summed E-state index contributed by atoms with van der Waals surface area (Å²) in [5.74, 6) is 7.30. The number of carbonyl (C=O) groups is 1. The highest BCUT2D eigenvalue weighted by Crippen LogP contribution is 2.66. The van der Waals surface area contributed by atoms with E-state index in [1.54, 1.807) is 0 Å². The maximum absolute atomic E-state index is 13.4. The first-order valence-corrected chi connectivity index (χ1v) is 15.4. The Hall–Kier alpha value is -1.96. The summed E-state index contributed by atoms with van der Waals surface area (Å²) in [4.78, 5) is 12.3. The Morgan fingerprint density at radius 2 is 1.78 bits per heavy atom. The smallest absolute Gasteiger partial charge is 0.361 e. The van der Waals surface area contributed by atoms with Gasteiger partial charge in [0.2, 0.25) is 0 Å². The summed E-state index contributed by atoms with van der Waals surface area (Å²) in [6.07, 6.45) is 7.66. The first kappa shape index (κ1) is 26.6. The lowest BCUT2D eigenvalue weighted by atomic mass is 9.51. The van der Waals surface area contributed by atoms with Gasteiger partial charge in [0.25, 0.3) is 0 Å². The lowest BCUT2D eigenvalue weighted by Gasteiger charge is -2.53. The Labute approximate surface area is 221 Å². The number of benzene rings is 1. The number of ketones is 1. The van der Waals surface area contributed by atoms with Gasteiger partial charge in [-0.2, -0.15) is 0 Å². The van der Waals surface area contributed by atoms with Gasteiger partial charge in [-0.1, -0.05) is 30.6 Å². The van der Waals surface area contributed by atoms with Crippen LogP contribution in [0.3, 0.4) is 0 Å². The predicted octanol–water partition coefficient (Wildman–Crippen LogP) is 6.23. The second-order valence-corrected chi connectivity index (χ2v) is 13.2. The molecule has 2 saturated carbocycles. The number of rotatable bonds is 6. The molecule has 2 fully saturated rings. The minimum absolute atomic E-state index is 0.106. The summed E-state index contributed by atoms with van der Waals surface area (Å²) in [6.45, 7) is 8.31. The van der Waals surface area contributed by atoms with Crippen LogP contribution in [0.25, 0.3) is 0 Å². The van der Waals surface area contributed by atoms with Crippen molar-refractivity contribution in [2.24, 2.45) is 17.3 Å². The number of carbonyl (C=O) groups excluding carboxylic acids is 1. The first-order valence-electron chi connectivity index (χ1n) is 13.8. The van der Waals surface area contributed by atoms with Gasteiger partial charge in [-0.15, -0.1) is 5.92 Å². The van der Waals surface area contributed by atoms with Crippen LogP contribution in [0.4, 0.5) is 0 Å². The zero-order valence-corrected chi connectivity index (χ0v) is 23.4. The third kappa shape index (κ3) is 4.31. The molecule has 0 aliphatic heterocycles. The SMILES string of the molecule is CC#C[C@]1(O)CC[C@H]2[C@@H]3CCC4=CC(=O)CCC4=C3[C@@H](c3ccc(P(=O)(OCC)OCC)cc3)C[C@@]21C. The molecule has 5 atom stereocenters. The average Bonchev–Trinajstić information content (AvgIpc) is 3.14. The quantitative estimate of drug-likeness (QED) is 0.354. The van der Waals surface area contributed by atoms with E-state index >= 15 is 0 Å². The van der Waals surface area contributed by atoms with Crippen molar-refractivity contribution in [2.45, 2.75) is 84.2 Å². The number of aliphatic hydroxyl groups is 1. The Kier molecular flexibility index (Phi) is 7.18. The van der Waals surface area contributed by atoms with Crippen molar-refractivity contribution in [3.8, 4) is 11.8 Å². The van der Waals surface area contributed by atoms with Gasteiger partial charge in [0.15, 0.2) is 5.78 Å². The molecule has 0 saturated heterocycles. The summed E-state index contributed by atoms with van der Waals surface area (Å²) in [6, 6.07) is 7.88. The second kappa shape index (κ2) is 9.97. The van der Waals surface area contributed by atoms with Crippen molar-refractivity contribution >= 4 is 18.7 Å². The normalized spacial score (nSPS) is 33.2. The monoisotopic (exact) mass is 522 g/mol. The van der Waals surface area contributed by atoms with Crippen LogP contribution in [0.1, 0.15) is 84.1 Å². The van der Waals surface area contributed by atoms with Crippen LogP contribution in [-0.2, 0) is 18.4 Å². The van der Waals surface area contributed by atoms with E-state index in [9.17, 15) is 14.5 Å². The van der Waals surface area contributed by atoms with E-state index in [1.165, 1.54) is 16.7 Å². The van der Waals surface area contributed by atoms with Crippen molar-refractivity contribution in [3.63, 3.8) is 0 Å². The second-order valence-electron chi connectivity index (χ2n) is 11.2. The van der Waals surface area contributed by atoms with E-state index in [1.807, 2.05) is 39.0 Å². The van der Waals surface area contributed by atoms with Crippen LogP contribution >= 0.6 is 7.60 Å². The van der Waals surface area contributed by atoms with E-state index in [2.05, 4.69) is 30.9 Å². The van der Waals surface area contributed by atoms with Crippen LogP contribution in [-0.4, -0.2) is 29.7 Å². The molecular formula is C31H39O5P. The Morgan fingerprint density at radius 1 is 1.08 bits per heavy atom. The fourth-order valence-corrected chi connectivity index (χ4v) is 9.36. The zero-order valence-electron chi connectivity index (χ0n) is 22.5. The third-order valence-corrected chi connectivity index (χ3v) is 11.6. The van der Waals surface area contributed by atoms with Gasteiger partial charge in [-0.05, 0) is 106 Å². The highest BCUT2D eigenvalue weighted by atomic mass is 31.2. The van der Waals surface area contributed by atoms with Crippen LogP contribution in [0.2, 0.25) is 0 Å². The van der Waals surface area contributed by atoms with Crippen molar-refractivity contribution in [2.75, 3.05) is 13.2 Å². The molecule has 4 aliphatic carbocycles. The maximum atomic E-state index is 13.4. The van der Waals surface area contributed by atoms with Gasteiger partial charge < -0.3 is 14.2 Å². The summed E-state index contributed by atoms with van der Waals surface area (Å²) in [5, 5.41) is 12.4. The molecule has 37 heavy (non-hydrogen) atoms. The summed E-state index contributed by atoms with van der Waals surface area (Å²) >= 11 is 0. The molecule has 1 N–H and O–H groups in total. The maximum Gasteiger partial charge on any atom is 0.361 e. The molecular weight excluding hydrogens is 483 g/mol. The lowest BCUT2D eigenvalue weighted by molar-refractivity contribution is -0.114. The molecule has 0 amide bonds. The summed E-state index contributed by atoms with van der Waals surface area (Å²) in [7, 11) is -3.37. The van der Waals surface area contributed by atoms with Gasteiger partial charge in [0.1, 0.15) is 5.60 Å². The van der Waals surface area contributed by atoms with E-state index in [0.717, 1.165) is 37.7 Å². The lowest BCUT2D eigenvalue weighted by Crippen LogP contribution is -2.51. The van der Waals surface area contributed by atoms with Crippen molar-refractivity contribution in [1.82, 2.24) is 0 Å². The van der Waals surface area contributed by atoms with E-state index in [-0.39, 0.29) is 17.1 Å². The predicted molar refractivity (Wildman–Crippen MR) is 146 cm³/mol. The Morgan fingerprint density at radius 3 is 2.43 bits per heavy atom. The molecule has 5 nitrogen and oxygen atoms in total. The van der Waals surface area contributed by atoms with Crippen LogP contribution in [0, 0.1) is 29.1 Å². The van der Waals surface area contributed by atoms with Crippen molar-refractivity contribution in [1.29, 1.82) is 0 Å². The van der Waals surface area contributed by atoms with E-state index in [4.69, 9.17) is 9.05 Å². The average molecular weight is 523 g/mol. The van der Waals surface area contributed by atoms with Gasteiger partial charge in [-0.25, -0.2) is 0 Å². The van der Waals surface area contributed by atoms with Crippen LogP contribution in [0.5, 0.6) is 0 Å².